The lowest BCUT2D eigenvalue weighted by molar-refractivity contribution is -0.144. The van der Waals surface area contributed by atoms with Gasteiger partial charge in [-0.25, -0.2) is 0 Å². The van der Waals surface area contributed by atoms with E-state index in [1.165, 1.54) is 4.90 Å². The Morgan fingerprint density at radius 3 is 2.43 bits per heavy atom. The van der Waals surface area contributed by atoms with Crippen LogP contribution in [0.5, 0.6) is 0 Å². The van der Waals surface area contributed by atoms with Gasteiger partial charge in [0.1, 0.15) is 0 Å². The Hall–Kier alpha value is -1.43. The minimum absolute atomic E-state index is 0.0133. The predicted octanol–water partition coefficient (Wildman–Crippen LogP) is 1.24. The molecule has 1 aliphatic heterocycles. The number of nitrogens with zero attached hydrogens (tertiary/aromatic N) is 2. The van der Waals surface area contributed by atoms with Crippen molar-refractivity contribution in [2.45, 2.75) is 70.5 Å². The van der Waals surface area contributed by atoms with Gasteiger partial charge in [0.2, 0.25) is 11.8 Å². The third-order valence-corrected chi connectivity index (χ3v) is 4.47. The summed E-state index contributed by atoms with van der Waals surface area (Å²) in [6.07, 6.45) is 3.72. The molecule has 1 aliphatic carbocycles. The van der Waals surface area contributed by atoms with Crippen molar-refractivity contribution in [2.75, 3.05) is 6.54 Å². The van der Waals surface area contributed by atoms with E-state index in [9.17, 15) is 14.4 Å². The Morgan fingerprint density at radius 1 is 1.33 bits per heavy atom. The second kappa shape index (κ2) is 6.56. The lowest BCUT2D eigenvalue weighted by Crippen LogP contribution is -2.46. The van der Waals surface area contributed by atoms with Crippen molar-refractivity contribution >= 4 is 17.8 Å². The van der Waals surface area contributed by atoms with E-state index < -0.39 is 12.0 Å². The van der Waals surface area contributed by atoms with Gasteiger partial charge in [0, 0.05) is 18.6 Å². The fourth-order valence-corrected chi connectivity index (χ4v) is 3.15. The van der Waals surface area contributed by atoms with Crippen LogP contribution < -0.4 is 0 Å². The summed E-state index contributed by atoms with van der Waals surface area (Å²) in [5.74, 6) is -1.11. The first-order valence-corrected chi connectivity index (χ1v) is 7.83. The van der Waals surface area contributed by atoms with Crippen molar-refractivity contribution in [3.05, 3.63) is 0 Å². The van der Waals surface area contributed by atoms with Gasteiger partial charge >= 0.3 is 5.97 Å². The van der Waals surface area contributed by atoms with Crippen molar-refractivity contribution in [1.82, 2.24) is 9.80 Å². The van der Waals surface area contributed by atoms with E-state index in [1.54, 1.807) is 0 Å². The van der Waals surface area contributed by atoms with E-state index in [0.29, 0.717) is 6.54 Å². The summed E-state index contributed by atoms with van der Waals surface area (Å²) in [5, 5.41) is 8.85. The molecule has 2 amide bonds. The third-order valence-electron chi connectivity index (χ3n) is 4.47. The van der Waals surface area contributed by atoms with Crippen LogP contribution in [0, 0.1) is 0 Å². The van der Waals surface area contributed by atoms with Crippen LogP contribution in [0.4, 0.5) is 0 Å². The number of amides is 2. The molecule has 6 nitrogen and oxygen atoms in total. The van der Waals surface area contributed by atoms with Crippen LogP contribution in [0.3, 0.4) is 0 Å². The number of carbonyl (C=O) groups excluding carboxylic acids is 2. The second-order valence-corrected chi connectivity index (χ2v) is 5.90. The van der Waals surface area contributed by atoms with E-state index >= 15 is 0 Å². The summed E-state index contributed by atoms with van der Waals surface area (Å²) in [6, 6.07) is -0.215. The first-order chi connectivity index (χ1) is 9.99. The summed E-state index contributed by atoms with van der Waals surface area (Å²) in [7, 11) is 0. The highest BCUT2D eigenvalue weighted by molar-refractivity contribution is 6.05. The maximum atomic E-state index is 12.6. The Bertz CT molecular complexity index is 429. The summed E-state index contributed by atoms with van der Waals surface area (Å²) < 4.78 is 0. The van der Waals surface area contributed by atoms with Gasteiger partial charge in [-0.1, -0.05) is 13.8 Å². The average Bonchev–Trinajstić information content (AvgIpc) is 3.22. The predicted molar refractivity (Wildman–Crippen MR) is 76.6 cm³/mol. The quantitative estimate of drug-likeness (QED) is 0.682. The second-order valence-electron chi connectivity index (χ2n) is 5.90. The van der Waals surface area contributed by atoms with Gasteiger partial charge in [0.15, 0.2) is 0 Å². The van der Waals surface area contributed by atoms with Crippen molar-refractivity contribution in [1.29, 1.82) is 0 Å². The first kappa shape index (κ1) is 15.9. The van der Waals surface area contributed by atoms with Gasteiger partial charge in [-0.05, 0) is 25.7 Å². The molecular formula is C15H24N2O4. The summed E-state index contributed by atoms with van der Waals surface area (Å²) in [6.45, 7) is 4.30. The zero-order valence-electron chi connectivity index (χ0n) is 12.7. The minimum atomic E-state index is -0.866. The molecule has 0 radical (unpaired) electrons. The number of imide groups is 1. The molecule has 1 heterocycles. The maximum absolute atomic E-state index is 12.6. The third kappa shape index (κ3) is 3.43. The zero-order valence-corrected chi connectivity index (χ0v) is 12.7. The molecule has 0 aromatic rings. The summed E-state index contributed by atoms with van der Waals surface area (Å²) in [5.41, 5.74) is 0. The molecule has 1 atom stereocenters. The number of hydrogen-bond acceptors (Lipinski definition) is 4. The monoisotopic (exact) mass is 296 g/mol. The van der Waals surface area contributed by atoms with Gasteiger partial charge in [-0.2, -0.15) is 0 Å². The van der Waals surface area contributed by atoms with E-state index in [4.69, 9.17) is 5.11 Å². The summed E-state index contributed by atoms with van der Waals surface area (Å²) in [4.78, 5) is 39.0. The number of aliphatic carboxylic acids is 1. The van der Waals surface area contributed by atoms with Crippen LogP contribution in [0.25, 0.3) is 0 Å². The topological polar surface area (TPSA) is 77.9 Å². The van der Waals surface area contributed by atoms with E-state index in [2.05, 4.69) is 0 Å². The Morgan fingerprint density at radius 2 is 1.95 bits per heavy atom. The fourth-order valence-electron chi connectivity index (χ4n) is 3.15. The number of carboxylic acid groups (broad SMARTS) is 1. The van der Waals surface area contributed by atoms with E-state index in [0.717, 1.165) is 25.7 Å². The Labute approximate surface area is 125 Å². The molecule has 2 aliphatic rings. The molecule has 2 rings (SSSR count). The van der Waals surface area contributed by atoms with Crippen LogP contribution in [-0.2, 0) is 14.4 Å². The number of carbonyl (C=O) groups is 3. The minimum Gasteiger partial charge on any atom is -0.481 e. The smallest absolute Gasteiger partial charge is 0.304 e. The van der Waals surface area contributed by atoms with Crippen LogP contribution in [-0.4, -0.2) is 57.4 Å². The normalized spacial score (nSPS) is 22.7. The average molecular weight is 296 g/mol. The van der Waals surface area contributed by atoms with Crippen LogP contribution >= 0.6 is 0 Å². The first-order valence-electron chi connectivity index (χ1n) is 7.83. The molecule has 0 aromatic heterocycles. The van der Waals surface area contributed by atoms with Crippen molar-refractivity contribution < 1.29 is 19.5 Å². The molecule has 0 spiro atoms. The molecule has 0 bridgehead atoms. The largest absolute Gasteiger partial charge is 0.481 e. The number of likely N-dealkylation sites (tertiary alicyclic amines) is 1. The standard InChI is InChI=1S/C15H24N2O4/c1-3-10(4-2)17-13(18)9-12(15(17)21)16(11-5-6-11)8-7-14(19)20/h10-12H,3-9H2,1-2H3,(H,19,20). The van der Waals surface area contributed by atoms with Crippen molar-refractivity contribution in [3.8, 4) is 0 Å². The SMILES string of the molecule is CCC(CC)N1C(=O)CC(N(CCC(=O)O)C2CC2)C1=O. The number of carboxylic acids is 1. The van der Waals surface area contributed by atoms with Gasteiger partial charge in [0.25, 0.3) is 0 Å². The van der Waals surface area contributed by atoms with Crippen LogP contribution in [0.15, 0.2) is 0 Å². The number of hydrogen-bond donors (Lipinski definition) is 1. The lowest BCUT2D eigenvalue weighted by Gasteiger charge is -2.28. The van der Waals surface area contributed by atoms with Gasteiger partial charge in [-0.3, -0.25) is 24.2 Å². The zero-order chi connectivity index (χ0) is 15.6. The molecular weight excluding hydrogens is 272 g/mol. The van der Waals surface area contributed by atoms with E-state index in [-0.39, 0.29) is 36.7 Å². The van der Waals surface area contributed by atoms with Crippen LogP contribution in [0.2, 0.25) is 0 Å². The highest BCUT2D eigenvalue weighted by Crippen LogP contribution is 2.33. The van der Waals surface area contributed by atoms with E-state index in [1.807, 2.05) is 18.7 Å². The highest BCUT2D eigenvalue weighted by Gasteiger charge is 2.47. The van der Waals surface area contributed by atoms with Crippen molar-refractivity contribution in [3.63, 3.8) is 0 Å². The lowest BCUT2D eigenvalue weighted by atomic mass is 10.1. The molecule has 118 valence electrons. The van der Waals surface area contributed by atoms with Gasteiger partial charge < -0.3 is 5.11 Å². The highest BCUT2D eigenvalue weighted by atomic mass is 16.4. The van der Waals surface area contributed by atoms with Gasteiger partial charge in [-0.15, -0.1) is 0 Å². The fraction of sp³-hybridized carbons (Fsp3) is 0.800. The molecule has 2 fully saturated rings. The molecule has 1 unspecified atom stereocenters. The molecule has 21 heavy (non-hydrogen) atoms. The maximum Gasteiger partial charge on any atom is 0.304 e. The summed E-state index contributed by atoms with van der Waals surface area (Å²) >= 11 is 0. The molecule has 6 heteroatoms. The van der Waals surface area contributed by atoms with Crippen LogP contribution in [0.1, 0.15) is 52.4 Å². The molecule has 1 N–H and O–H groups in total. The van der Waals surface area contributed by atoms with Crippen molar-refractivity contribution in [2.24, 2.45) is 0 Å². The van der Waals surface area contributed by atoms with Gasteiger partial charge in [0.05, 0.1) is 18.9 Å². The molecule has 0 aromatic carbocycles. The number of rotatable bonds is 8. The Kier molecular flexibility index (Phi) is 4.98. The molecule has 1 saturated carbocycles. The molecule has 1 saturated heterocycles. The Balaban J connectivity index is 2.10.